The molecule has 0 spiro atoms. The molecule has 0 saturated carbocycles. The van der Waals surface area contributed by atoms with E-state index in [9.17, 15) is 4.79 Å². The molecule has 0 bridgehead atoms. The lowest BCUT2D eigenvalue weighted by Crippen LogP contribution is -2.33. The molecule has 0 aromatic heterocycles. The monoisotopic (exact) mass is 305 g/mol. The first kappa shape index (κ1) is 18.5. The van der Waals surface area contributed by atoms with Gasteiger partial charge in [0.05, 0.1) is 0 Å². The zero-order valence-electron chi connectivity index (χ0n) is 14.5. The van der Waals surface area contributed by atoms with Gasteiger partial charge in [-0.25, -0.2) is 0 Å². The molecule has 3 nitrogen and oxygen atoms in total. The minimum atomic E-state index is -0.0390. The summed E-state index contributed by atoms with van der Waals surface area (Å²) in [6, 6.07) is 7.96. The quantitative estimate of drug-likeness (QED) is 0.690. The molecule has 0 heterocycles. The Balaban J connectivity index is 2.30. The Kier molecular flexibility index (Phi) is 8.64. The third-order valence-corrected chi connectivity index (χ3v) is 4.05. The first-order chi connectivity index (χ1) is 10.6. The summed E-state index contributed by atoms with van der Waals surface area (Å²) in [5, 5.41) is 2.98. The molecule has 1 aromatic rings. The first-order valence-electron chi connectivity index (χ1n) is 8.56. The van der Waals surface area contributed by atoms with Gasteiger partial charge in [-0.3, -0.25) is 4.79 Å². The predicted molar refractivity (Wildman–Crippen MR) is 92.3 cm³/mol. The number of hydrogen-bond donors (Lipinski definition) is 1. The van der Waals surface area contributed by atoms with Crippen LogP contribution < -0.4 is 10.1 Å². The van der Waals surface area contributed by atoms with Crippen LogP contribution in [0.25, 0.3) is 0 Å². The maximum Gasteiger partial charge on any atom is 0.257 e. The van der Waals surface area contributed by atoms with Crippen molar-refractivity contribution in [3.8, 4) is 5.75 Å². The van der Waals surface area contributed by atoms with Crippen LogP contribution in [0.3, 0.4) is 0 Å². The van der Waals surface area contributed by atoms with Crippen LogP contribution in [0.1, 0.15) is 64.9 Å². The Bertz CT molecular complexity index is 426. The average molecular weight is 305 g/mol. The van der Waals surface area contributed by atoms with Crippen LogP contribution in [0.2, 0.25) is 0 Å². The Labute approximate surface area is 135 Å². The minimum absolute atomic E-state index is 0.0390. The Morgan fingerprint density at radius 3 is 2.41 bits per heavy atom. The van der Waals surface area contributed by atoms with Gasteiger partial charge in [-0.1, -0.05) is 59.1 Å². The molecule has 0 aliphatic heterocycles. The molecular weight excluding hydrogens is 274 g/mol. The molecule has 1 N–H and O–H groups in total. The zero-order chi connectivity index (χ0) is 16.4. The van der Waals surface area contributed by atoms with Gasteiger partial charge in [0.2, 0.25) is 0 Å². The first-order valence-corrected chi connectivity index (χ1v) is 8.56. The molecule has 3 heteroatoms. The molecule has 1 amide bonds. The Hall–Kier alpha value is -1.51. The maximum absolute atomic E-state index is 11.8. The van der Waals surface area contributed by atoms with Crippen molar-refractivity contribution in [2.24, 2.45) is 5.92 Å². The van der Waals surface area contributed by atoms with Crippen molar-refractivity contribution in [1.29, 1.82) is 0 Å². The van der Waals surface area contributed by atoms with E-state index in [-0.39, 0.29) is 12.5 Å². The summed E-state index contributed by atoms with van der Waals surface area (Å²) >= 11 is 0. The normalized spacial score (nSPS) is 12.2. The standard InChI is InChI=1S/C19H31NO2/c1-5-7-8-16(6-2)13-20-19(21)14-22-18-11-9-17(10-12-18)15(3)4/h9-12,15-16H,5-8,13-14H2,1-4H3,(H,20,21)/t16-/m1/s1. The van der Waals surface area contributed by atoms with Crippen LogP contribution in [0.4, 0.5) is 0 Å². The van der Waals surface area contributed by atoms with Gasteiger partial charge in [0.15, 0.2) is 6.61 Å². The van der Waals surface area contributed by atoms with Crippen molar-refractivity contribution < 1.29 is 9.53 Å². The fourth-order valence-electron chi connectivity index (χ4n) is 2.35. The lowest BCUT2D eigenvalue weighted by Gasteiger charge is -2.15. The van der Waals surface area contributed by atoms with Gasteiger partial charge in [0.1, 0.15) is 5.75 Å². The smallest absolute Gasteiger partial charge is 0.257 e. The van der Waals surface area contributed by atoms with Crippen LogP contribution >= 0.6 is 0 Å². The molecule has 0 fully saturated rings. The number of rotatable bonds is 10. The number of carbonyl (C=O) groups excluding carboxylic acids is 1. The highest BCUT2D eigenvalue weighted by Crippen LogP contribution is 2.18. The number of benzene rings is 1. The number of carbonyl (C=O) groups is 1. The summed E-state index contributed by atoms with van der Waals surface area (Å²) in [6.45, 7) is 9.54. The summed E-state index contributed by atoms with van der Waals surface area (Å²) in [6.07, 6.45) is 4.73. The summed E-state index contributed by atoms with van der Waals surface area (Å²) in [5.41, 5.74) is 1.28. The van der Waals surface area contributed by atoms with Gasteiger partial charge in [0.25, 0.3) is 5.91 Å². The predicted octanol–water partition coefficient (Wildman–Crippen LogP) is 4.52. The summed E-state index contributed by atoms with van der Waals surface area (Å²) in [5.74, 6) is 1.79. The summed E-state index contributed by atoms with van der Waals surface area (Å²) in [7, 11) is 0. The van der Waals surface area contributed by atoms with Crippen molar-refractivity contribution in [3.63, 3.8) is 0 Å². The number of hydrogen-bond acceptors (Lipinski definition) is 2. The van der Waals surface area contributed by atoms with Crippen LogP contribution in [-0.2, 0) is 4.79 Å². The lowest BCUT2D eigenvalue weighted by atomic mass is 9.99. The maximum atomic E-state index is 11.8. The molecule has 0 aliphatic carbocycles. The highest BCUT2D eigenvalue weighted by Gasteiger charge is 2.09. The third kappa shape index (κ3) is 6.97. The summed E-state index contributed by atoms with van der Waals surface area (Å²) in [4.78, 5) is 11.8. The van der Waals surface area contributed by atoms with Crippen molar-refractivity contribution in [2.75, 3.05) is 13.2 Å². The van der Waals surface area contributed by atoms with E-state index in [2.05, 4.69) is 45.1 Å². The third-order valence-electron chi connectivity index (χ3n) is 4.05. The molecule has 124 valence electrons. The van der Waals surface area contributed by atoms with Gasteiger partial charge in [-0.15, -0.1) is 0 Å². The van der Waals surface area contributed by atoms with E-state index in [1.807, 2.05) is 12.1 Å². The second-order valence-electron chi connectivity index (χ2n) is 6.23. The van der Waals surface area contributed by atoms with E-state index in [4.69, 9.17) is 4.74 Å². The number of amides is 1. The number of nitrogens with one attached hydrogen (secondary N) is 1. The molecule has 0 saturated heterocycles. The topological polar surface area (TPSA) is 38.3 Å². The van der Waals surface area contributed by atoms with Gasteiger partial charge >= 0.3 is 0 Å². The molecule has 1 aromatic carbocycles. The molecular formula is C19H31NO2. The van der Waals surface area contributed by atoms with Gasteiger partial charge in [-0.2, -0.15) is 0 Å². The lowest BCUT2D eigenvalue weighted by molar-refractivity contribution is -0.123. The van der Waals surface area contributed by atoms with E-state index >= 15 is 0 Å². The second kappa shape index (κ2) is 10.3. The van der Waals surface area contributed by atoms with Gasteiger partial charge in [0, 0.05) is 6.54 Å². The van der Waals surface area contributed by atoms with Gasteiger partial charge in [-0.05, 0) is 36.0 Å². The largest absolute Gasteiger partial charge is 0.484 e. The van der Waals surface area contributed by atoms with E-state index in [1.54, 1.807) is 0 Å². The fourth-order valence-corrected chi connectivity index (χ4v) is 2.35. The average Bonchev–Trinajstić information content (AvgIpc) is 2.53. The SMILES string of the molecule is CCCC[C@@H](CC)CNC(=O)COc1ccc(C(C)C)cc1. The van der Waals surface area contributed by atoms with Crippen LogP contribution in [0.5, 0.6) is 5.75 Å². The number of unbranched alkanes of at least 4 members (excludes halogenated alkanes) is 1. The molecule has 1 atom stereocenters. The van der Waals surface area contributed by atoms with E-state index in [0.717, 1.165) is 18.7 Å². The van der Waals surface area contributed by atoms with Crippen LogP contribution in [0, 0.1) is 5.92 Å². The highest BCUT2D eigenvalue weighted by atomic mass is 16.5. The fraction of sp³-hybridized carbons (Fsp3) is 0.632. The van der Waals surface area contributed by atoms with Crippen LogP contribution in [0.15, 0.2) is 24.3 Å². The van der Waals surface area contributed by atoms with E-state index in [1.165, 1.54) is 24.8 Å². The highest BCUT2D eigenvalue weighted by molar-refractivity contribution is 5.77. The Morgan fingerprint density at radius 1 is 1.18 bits per heavy atom. The van der Waals surface area contributed by atoms with Crippen LogP contribution in [-0.4, -0.2) is 19.1 Å². The van der Waals surface area contributed by atoms with Crippen molar-refractivity contribution in [1.82, 2.24) is 5.32 Å². The van der Waals surface area contributed by atoms with Crippen molar-refractivity contribution >= 4 is 5.91 Å². The molecule has 1 rings (SSSR count). The van der Waals surface area contributed by atoms with Crippen molar-refractivity contribution in [2.45, 2.75) is 59.3 Å². The Morgan fingerprint density at radius 2 is 1.86 bits per heavy atom. The van der Waals surface area contributed by atoms with Crippen molar-refractivity contribution in [3.05, 3.63) is 29.8 Å². The number of ether oxygens (including phenoxy) is 1. The van der Waals surface area contributed by atoms with Gasteiger partial charge < -0.3 is 10.1 Å². The molecule has 22 heavy (non-hydrogen) atoms. The molecule has 0 aliphatic rings. The summed E-state index contributed by atoms with van der Waals surface area (Å²) < 4.78 is 5.54. The second-order valence-corrected chi connectivity index (χ2v) is 6.23. The molecule has 0 radical (unpaired) electrons. The van der Waals surface area contributed by atoms with E-state index < -0.39 is 0 Å². The van der Waals surface area contributed by atoms with E-state index in [0.29, 0.717) is 11.8 Å². The molecule has 0 unspecified atom stereocenters. The minimum Gasteiger partial charge on any atom is -0.484 e. The zero-order valence-corrected chi connectivity index (χ0v) is 14.5.